The number of amides is 1. The molecule has 0 aromatic carbocycles. The highest BCUT2D eigenvalue weighted by Crippen LogP contribution is 2.24. The van der Waals surface area contributed by atoms with Gasteiger partial charge in [-0.25, -0.2) is 4.98 Å². The van der Waals surface area contributed by atoms with E-state index in [0.717, 1.165) is 42.9 Å². The summed E-state index contributed by atoms with van der Waals surface area (Å²) < 4.78 is 0.841. The molecule has 1 atom stereocenters. The Hall–Kier alpha value is -1.10. The maximum absolute atomic E-state index is 12.8. The van der Waals surface area contributed by atoms with Crippen LogP contribution in [-0.2, 0) is 0 Å². The van der Waals surface area contributed by atoms with Crippen LogP contribution in [0, 0.1) is 5.92 Å². The molecule has 0 spiro atoms. The summed E-state index contributed by atoms with van der Waals surface area (Å²) in [5.74, 6) is 1.54. The molecule has 0 saturated carbocycles. The number of carbonyl (C=O) groups excluding carboxylic acids is 1. The number of aromatic nitrogens is 1. The Morgan fingerprint density at radius 1 is 1.43 bits per heavy atom. The number of nitrogens with one attached hydrogen (secondary N) is 1. The van der Waals surface area contributed by atoms with Crippen molar-refractivity contribution in [1.29, 1.82) is 0 Å². The third-order valence-electron chi connectivity index (χ3n) is 4.14. The number of halogens is 1. The number of rotatable bonds is 4. The second-order valence-electron chi connectivity index (χ2n) is 5.58. The molecule has 2 rings (SSSR count). The van der Waals surface area contributed by atoms with Crippen molar-refractivity contribution in [3.05, 3.63) is 22.3 Å². The monoisotopic (exact) mass is 353 g/mol. The number of anilines is 1. The first kappa shape index (κ1) is 16.3. The van der Waals surface area contributed by atoms with Gasteiger partial charge in [-0.1, -0.05) is 13.3 Å². The van der Waals surface area contributed by atoms with E-state index in [2.05, 4.69) is 33.2 Å². The van der Waals surface area contributed by atoms with E-state index in [1.807, 2.05) is 17.9 Å². The van der Waals surface area contributed by atoms with E-state index in [9.17, 15) is 4.79 Å². The largest absolute Gasteiger partial charge is 0.370 e. The van der Waals surface area contributed by atoms with Gasteiger partial charge in [0.25, 0.3) is 5.91 Å². The normalized spacial score (nSPS) is 19.2. The predicted molar refractivity (Wildman–Crippen MR) is 89.6 cm³/mol. The van der Waals surface area contributed by atoms with E-state index >= 15 is 0 Å². The minimum atomic E-state index is 0.0940. The zero-order chi connectivity index (χ0) is 15.2. The van der Waals surface area contributed by atoms with E-state index in [-0.39, 0.29) is 5.91 Å². The van der Waals surface area contributed by atoms with Crippen LogP contribution in [0.2, 0.25) is 0 Å². The zero-order valence-corrected chi connectivity index (χ0v) is 14.4. The molecule has 1 fully saturated rings. The Labute approximate surface area is 135 Å². The molecule has 1 unspecified atom stereocenters. The molecular weight excluding hydrogens is 330 g/mol. The molecule has 1 aromatic rings. The van der Waals surface area contributed by atoms with Crippen LogP contribution in [0.4, 0.5) is 5.82 Å². The lowest BCUT2D eigenvalue weighted by molar-refractivity contribution is 0.0760. The number of nitrogens with zero attached hydrogens (tertiary/aromatic N) is 2. The third kappa shape index (κ3) is 4.19. The maximum atomic E-state index is 12.8. The fourth-order valence-corrected chi connectivity index (χ4v) is 3.19. The highest BCUT2D eigenvalue weighted by Gasteiger charge is 2.23. The van der Waals surface area contributed by atoms with Crippen molar-refractivity contribution in [2.24, 2.45) is 5.92 Å². The van der Waals surface area contributed by atoms with E-state index < -0.39 is 0 Å². The van der Waals surface area contributed by atoms with Crippen molar-refractivity contribution >= 4 is 27.7 Å². The number of hydrogen-bond donors (Lipinski definition) is 1. The predicted octanol–water partition coefficient (Wildman–Crippen LogP) is 3.93. The van der Waals surface area contributed by atoms with Crippen LogP contribution in [-0.4, -0.2) is 35.4 Å². The van der Waals surface area contributed by atoms with Gasteiger partial charge in [0.15, 0.2) is 0 Å². The van der Waals surface area contributed by atoms with E-state index in [1.165, 1.54) is 12.8 Å². The molecule has 0 bridgehead atoms. The smallest absolute Gasteiger partial charge is 0.257 e. The van der Waals surface area contributed by atoms with Gasteiger partial charge in [-0.15, -0.1) is 0 Å². The minimum Gasteiger partial charge on any atom is -0.370 e. The lowest BCUT2D eigenvalue weighted by atomic mass is 9.98. The highest BCUT2D eigenvalue weighted by atomic mass is 79.9. The molecule has 1 amide bonds. The summed E-state index contributed by atoms with van der Waals surface area (Å²) in [5.41, 5.74) is 0.668. The molecule has 21 heavy (non-hydrogen) atoms. The summed E-state index contributed by atoms with van der Waals surface area (Å²) in [4.78, 5) is 19.1. The van der Waals surface area contributed by atoms with Crippen LogP contribution in [0.1, 0.15) is 49.9 Å². The Kier molecular flexibility index (Phi) is 6.03. The van der Waals surface area contributed by atoms with Crippen LogP contribution in [0.25, 0.3) is 0 Å². The van der Waals surface area contributed by atoms with Crippen LogP contribution >= 0.6 is 15.9 Å². The first-order valence-corrected chi connectivity index (χ1v) is 8.63. The summed E-state index contributed by atoms with van der Waals surface area (Å²) in [5, 5.41) is 3.18. The molecule has 1 aliphatic rings. The standard InChI is InChI=1S/C16H24BrN3O/c1-3-12-6-5-8-20(9-7-12)16(21)14-10-13(17)11-19-15(14)18-4-2/h10-12H,3-9H2,1-2H3,(H,18,19). The van der Waals surface area contributed by atoms with Gasteiger partial charge in [0.2, 0.25) is 0 Å². The van der Waals surface area contributed by atoms with Crippen molar-refractivity contribution in [1.82, 2.24) is 9.88 Å². The van der Waals surface area contributed by atoms with Crippen molar-refractivity contribution in [2.45, 2.75) is 39.5 Å². The molecule has 116 valence electrons. The van der Waals surface area contributed by atoms with E-state index in [1.54, 1.807) is 6.20 Å². The Morgan fingerprint density at radius 3 is 2.95 bits per heavy atom. The van der Waals surface area contributed by atoms with Crippen LogP contribution < -0.4 is 5.32 Å². The van der Waals surface area contributed by atoms with Crippen molar-refractivity contribution in [2.75, 3.05) is 25.0 Å². The Morgan fingerprint density at radius 2 is 2.24 bits per heavy atom. The van der Waals surface area contributed by atoms with Gasteiger partial charge < -0.3 is 10.2 Å². The highest BCUT2D eigenvalue weighted by molar-refractivity contribution is 9.10. The number of hydrogen-bond acceptors (Lipinski definition) is 3. The Bertz CT molecular complexity index is 492. The molecule has 1 saturated heterocycles. The average Bonchev–Trinajstić information content (AvgIpc) is 2.74. The number of pyridine rings is 1. The molecular formula is C16H24BrN3O. The molecule has 0 aliphatic carbocycles. The van der Waals surface area contributed by atoms with Gasteiger partial charge in [0, 0.05) is 30.3 Å². The van der Waals surface area contributed by atoms with Gasteiger partial charge in [-0.3, -0.25) is 4.79 Å². The zero-order valence-electron chi connectivity index (χ0n) is 12.9. The Balaban J connectivity index is 2.17. The average molecular weight is 354 g/mol. The van der Waals surface area contributed by atoms with Crippen molar-refractivity contribution in [3.63, 3.8) is 0 Å². The first-order chi connectivity index (χ1) is 10.2. The third-order valence-corrected chi connectivity index (χ3v) is 4.57. The van der Waals surface area contributed by atoms with Gasteiger partial charge in [-0.2, -0.15) is 0 Å². The van der Waals surface area contributed by atoms with Gasteiger partial charge >= 0.3 is 0 Å². The molecule has 1 N–H and O–H groups in total. The van der Waals surface area contributed by atoms with Crippen LogP contribution in [0.3, 0.4) is 0 Å². The fraction of sp³-hybridized carbons (Fsp3) is 0.625. The van der Waals surface area contributed by atoms with Crippen LogP contribution in [0.15, 0.2) is 16.7 Å². The molecule has 2 heterocycles. The molecule has 5 heteroatoms. The van der Waals surface area contributed by atoms with Gasteiger partial charge in [0.05, 0.1) is 5.56 Å². The first-order valence-electron chi connectivity index (χ1n) is 7.84. The lowest BCUT2D eigenvalue weighted by Gasteiger charge is -2.22. The number of likely N-dealkylation sites (tertiary alicyclic amines) is 1. The van der Waals surface area contributed by atoms with E-state index in [0.29, 0.717) is 11.4 Å². The summed E-state index contributed by atoms with van der Waals surface area (Å²) >= 11 is 3.41. The van der Waals surface area contributed by atoms with Crippen LogP contribution in [0.5, 0.6) is 0 Å². The van der Waals surface area contributed by atoms with Crippen molar-refractivity contribution < 1.29 is 4.79 Å². The number of carbonyl (C=O) groups is 1. The lowest BCUT2D eigenvalue weighted by Crippen LogP contribution is -2.32. The summed E-state index contributed by atoms with van der Waals surface area (Å²) in [6.07, 6.45) is 6.38. The fourth-order valence-electron chi connectivity index (χ4n) is 2.86. The SMILES string of the molecule is CCNc1ncc(Br)cc1C(=O)N1CCCC(CC)CC1. The molecule has 4 nitrogen and oxygen atoms in total. The molecule has 1 aromatic heterocycles. The molecule has 1 aliphatic heterocycles. The summed E-state index contributed by atoms with van der Waals surface area (Å²) in [6.45, 7) is 6.72. The minimum absolute atomic E-state index is 0.0940. The summed E-state index contributed by atoms with van der Waals surface area (Å²) in [7, 11) is 0. The summed E-state index contributed by atoms with van der Waals surface area (Å²) in [6, 6.07) is 1.87. The van der Waals surface area contributed by atoms with Crippen molar-refractivity contribution in [3.8, 4) is 0 Å². The second kappa shape index (κ2) is 7.78. The second-order valence-corrected chi connectivity index (χ2v) is 6.49. The van der Waals surface area contributed by atoms with Gasteiger partial charge in [0.1, 0.15) is 5.82 Å². The maximum Gasteiger partial charge on any atom is 0.257 e. The topological polar surface area (TPSA) is 45.2 Å². The molecule has 0 radical (unpaired) electrons. The van der Waals surface area contributed by atoms with E-state index in [4.69, 9.17) is 0 Å². The van der Waals surface area contributed by atoms with Gasteiger partial charge in [-0.05, 0) is 54.1 Å². The quantitative estimate of drug-likeness (QED) is 0.891.